The minimum absolute atomic E-state index is 0.0489. The van der Waals surface area contributed by atoms with E-state index in [9.17, 15) is 19.0 Å². The summed E-state index contributed by atoms with van der Waals surface area (Å²) in [6.45, 7) is 14.8. The Bertz CT molecular complexity index is 1140. The molecule has 276 valence electrons. The van der Waals surface area contributed by atoms with Gasteiger partial charge < -0.3 is 23.8 Å². The Morgan fingerprint density at radius 2 is 1.73 bits per heavy atom. The zero-order valence-electron chi connectivity index (χ0n) is 30.7. The van der Waals surface area contributed by atoms with E-state index in [1.54, 1.807) is 12.5 Å². The summed E-state index contributed by atoms with van der Waals surface area (Å²) in [7, 11) is -4.08. The zero-order valence-corrected chi connectivity index (χ0v) is 31.6. The molecule has 0 aliphatic heterocycles. The van der Waals surface area contributed by atoms with Crippen molar-refractivity contribution in [1.82, 2.24) is 0 Å². The fourth-order valence-corrected chi connectivity index (χ4v) is 11.0. The molecule has 0 radical (unpaired) electrons. The Balaban J connectivity index is 1.13. The maximum Gasteiger partial charge on any atom is 0.332 e. The summed E-state index contributed by atoms with van der Waals surface area (Å²) in [5.74, 6) is 3.71. The molecule has 4 rings (SSSR count). The van der Waals surface area contributed by atoms with E-state index < -0.39 is 32.3 Å². The molecule has 0 aromatic rings. The lowest BCUT2D eigenvalue weighted by molar-refractivity contribution is -0.145. The third-order valence-corrected chi connectivity index (χ3v) is 13.9. The highest BCUT2D eigenvalue weighted by molar-refractivity contribution is 7.52. The van der Waals surface area contributed by atoms with E-state index in [0.717, 1.165) is 48.3 Å². The van der Waals surface area contributed by atoms with Gasteiger partial charge in [0.25, 0.3) is 0 Å². The molecule has 0 heterocycles. The second-order valence-electron chi connectivity index (χ2n) is 16.0. The Kier molecular flexibility index (Phi) is 14.7. The first-order valence-corrected chi connectivity index (χ1v) is 20.7. The molecule has 0 saturated heterocycles. The van der Waals surface area contributed by atoms with Crippen LogP contribution in [0.4, 0.5) is 0 Å². The lowest BCUT2D eigenvalue weighted by atomic mass is 9.47. The van der Waals surface area contributed by atoms with E-state index in [2.05, 4.69) is 45.4 Å². The van der Waals surface area contributed by atoms with Crippen LogP contribution in [0, 0.1) is 46.3 Å². The van der Waals surface area contributed by atoms with Crippen LogP contribution in [0.2, 0.25) is 0 Å². The van der Waals surface area contributed by atoms with Crippen molar-refractivity contribution in [1.29, 1.82) is 0 Å². The van der Waals surface area contributed by atoms with Crippen molar-refractivity contribution in [2.24, 2.45) is 46.3 Å². The predicted octanol–water partition coefficient (Wildman–Crippen LogP) is 8.13. The Morgan fingerprint density at radius 1 is 0.958 bits per heavy atom. The summed E-state index contributed by atoms with van der Waals surface area (Å²) >= 11 is 0. The lowest BCUT2D eigenvalue weighted by Crippen LogP contribution is -2.51. The van der Waals surface area contributed by atoms with E-state index in [1.165, 1.54) is 57.8 Å². The van der Waals surface area contributed by atoms with Crippen LogP contribution in [0.3, 0.4) is 0 Å². The monoisotopic (exact) mass is 696 g/mol. The van der Waals surface area contributed by atoms with Crippen molar-refractivity contribution in [3.05, 3.63) is 11.6 Å². The van der Waals surface area contributed by atoms with Crippen molar-refractivity contribution >= 4 is 19.5 Å². The van der Waals surface area contributed by atoms with Crippen LogP contribution in [0.1, 0.15) is 119 Å². The molecule has 0 aromatic carbocycles. The fraction of sp³-hybridized carbons (Fsp3) is 0.895. The first-order chi connectivity index (χ1) is 22.8. The van der Waals surface area contributed by atoms with Gasteiger partial charge in [-0.15, -0.1) is 0 Å². The molecule has 4 aliphatic rings. The zero-order chi connectivity index (χ0) is 35.0. The van der Waals surface area contributed by atoms with E-state index in [0.29, 0.717) is 24.0 Å². The van der Waals surface area contributed by atoms with Crippen molar-refractivity contribution in [2.45, 2.75) is 125 Å². The first-order valence-electron chi connectivity index (χ1n) is 19.0. The van der Waals surface area contributed by atoms with Gasteiger partial charge in [-0.2, -0.15) is 0 Å². The highest BCUT2D eigenvalue weighted by atomic mass is 31.2. The standard InChI is InChI=1S/C38H65O9P/c1-7-44-36(40)26-47-48(41,42)24-17-35(39)46-23-21-43-20-22-45-30-15-18-37(5)29(25-30)11-12-31-33-14-13-32(28(4)10-8-9-27(2)3)38(33,6)19-16-34(31)37/h11,27-28,30-34H,7-10,12-26H2,1-6H3,(H,41,42)/t28-,30+,31+,32-,33+,34+,37+,38-/m1/s1. The molecule has 1 unspecified atom stereocenters. The van der Waals surface area contributed by atoms with E-state index >= 15 is 0 Å². The summed E-state index contributed by atoms with van der Waals surface area (Å²) < 4.78 is 38.3. The third kappa shape index (κ3) is 10.2. The average molecular weight is 697 g/mol. The Morgan fingerprint density at radius 3 is 2.48 bits per heavy atom. The minimum Gasteiger partial charge on any atom is -0.464 e. The number of hydrogen-bond acceptors (Lipinski definition) is 8. The minimum atomic E-state index is -4.08. The third-order valence-electron chi connectivity index (χ3n) is 12.6. The van der Waals surface area contributed by atoms with Gasteiger partial charge in [-0.05, 0) is 105 Å². The number of hydrogen-bond donors (Lipinski definition) is 1. The van der Waals surface area contributed by atoms with Gasteiger partial charge in [-0.1, -0.05) is 65.5 Å². The van der Waals surface area contributed by atoms with Crippen LogP contribution < -0.4 is 0 Å². The van der Waals surface area contributed by atoms with Crippen LogP contribution in [-0.2, 0) is 37.6 Å². The van der Waals surface area contributed by atoms with Gasteiger partial charge >= 0.3 is 19.5 Å². The van der Waals surface area contributed by atoms with Crippen molar-refractivity contribution < 1.29 is 42.5 Å². The summed E-state index contributed by atoms with van der Waals surface area (Å²) in [4.78, 5) is 33.0. The number of fused-ring (bicyclic) bond motifs is 5. The number of esters is 2. The van der Waals surface area contributed by atoms with Gasteiger partial charge in [0.15, 0.2) is 6.61 Å². The first kappa shape index (κ1) is 39.5. The molecule has 1 N–H and O–H groups in total. The summed E-state index contributed by atoms with van der Waals surface area (Å²) in [6.07, 6.45) is 16.5. The molecule has 48 heavy (non-hydrogen) atoms. The molecule has 9 atom stereocenters. The van der Waals surface area contributed by atoms with E-state index in [-0.39, 0.29) is 32.3 Å². The average Bonchev–Trinajstić information content (AvgIpc) is 3.40. The molecule has 0 aromatic heterocycles. The highest BCUT2D eigenvalue weighted by Gasteiger charge is 2.59. The van der Waals surface area contributed by atoms with Gasteiger partial charge in [0, 0.05) is 0 Å². The molecule has 9 nitrogen and oxygen atoms in total. The van der Waals surface area contributed by atoms with Gasteiger partial charge in [-0.3, -0.25) is 13.9 Å². The maximum atomic E-state index is 12.0. The second kappa shape index (κ2) is 17.8. The predicted molar refractivity (Wildman–Crippen MR) is 186 cm³/mol. The second-order valence-corrected chi connectivity index (χ2v) is 18.0. The topological polar surface area (TPSA) is 118 Å². The van der Waals surface area contributed by atoms with Crippen LogP contribution in [0.5, 0.6) is 0 Å². The van der Waals surface area contributed by atoms with Gasteiger partial charge in [0.2, 0.25) is 0 Å². The SMILES string of the molecule is CCOC(=O)COP(=O)(O)CCC(=O)OCCOCCO[C@H]1CC[C@@]2(C)C(=CC[C@H]3[C@@H]4CC[C@H]([C@H](C)CCCC(C)C)[C@@]4(C)CC[C@@H]32)C1. The Hall–Kier alpha value is -1.25. The van der Waals surface area contributed by atoms with Crippen LogP contribution in [-0.4, -0.2) is 68.7 Å². The van der Waals surface area contributed by atoms with E-state index in [4.69, 9.17) is 18.7 Å². The van der Waals surface area contributed by atoms with Gasteiger partial charge in [0.05, 0.1) is 45.1 Å². The highest BCUT2D eigenvalue weighted by Crippen LogP contribution is 2.67. The number of allylic oxidation sites excluding steroid dienone is 1. The van der Waals surface area contributed by atoms with Gasteiger partial charge in [-0.25, -0.2) is 4.79 Å². The summed E-state index contributed by atoms with van der Waals surface area (Å²) in [5.41, 5.74) is 2.46. The van der Waals surface area contributed by atoms with Crippen molar-refractivity contribution in [2.75, 3.05) is 45.8 Å². The quantitative estimate of drug-likeness (QED) is 0.0618. The number of rotatable bonds is 19. The van der Waals surface area contributed by atoms with Crippen molar-refractivity contribution in [3.63, 3.8) is 0 Å². The maximum absolute atomic E-state index is 12.0. The van der Waals surface area contributed by atoms with Gasteiger partial charge in [0.1, 0.15) is 6.61 Å². The largest absolute Gasteiger partial charge is 0.464 e. The summed E-state index contributed by atoms with van der Waals surface area (Å²) in [5, 5.41) is 0. The molecular weight excluding hydrogens is 631 g/mol. The Labute approximate surface area is 290 Å². The smallest absolute Gasteiger partial charge is 0.332 e. The molecule has 0 amide bonds. The molecular formula is C38H65O9P. The normalized spacial score (nSPS) is 33.2. The number of carbonyl (C=O) groups excluding carboxylic acids is 2. The van der Waals surface area contributed by atoms with Crippen LogP contribution in [0.15, 0.2) is 11.6 Å². The van der Waals surface area contributed by atoms with Crippen LogP contribution in [0.25, 0.3) is 0 Å². The number of ether oxygens (including phenoxy) is 4. The van der Waals surface area contributed by atoms with Crippen molar-refractivity contribution in [3.8, 4) is 0 Å². The van der Waals surface area contributed by atoms with E-state index in [1.807, 2.05) is 0 Å². The lowest BCUT2D eigenvalue weighted by Gasteiger charge is -2.58. The fourth-order valence-electron chi connectivity index (χ4n) is 10.1. The molecule has 0 spiro atoms. The summed E-state index contributed by atoms with van der Waals surface area (Å²) in [6, 6.07) is 0. The molecule has 3 fully saturated rings. The molecule has 0 bridgehead atoms. The molecule has 10 heteroatoms. The molecule has 3 saturated carbocycles. The van der Waals surface area contributed by atoms with Crippen LogP contribution >= 0.6 is 7.60 Å². The number of carbonyl (C=O) groups is 2. The molecule has 4 aliphatic carbocycles.